The summed E-state index contributed by atoms with van der Waals surface area (Å²) in [5.74, 6) is 0.219. The third kappa shape index (κ3) is 5.76. The SMILES string of the molecule is COCCC(CO)NC(=O)NC1CCC(c2ccc(F)cc2)CC1. The zero-order valence-electron chi connectivity index (χ0n) is 14.1. The Balaban J connectivity index is 1.74. The topological polar surface area (TPSA) is 70.6 Å². The van der Waals surface area contributed by atoms with Crippen LogP contribution in [0.4, 0.5) is 9.18 Å². The molecule has 0 saturated heterocycles. The number of aliphatic hydroxyl groups is 1. The molecule has 1 aliphatic carbocycles. The number of carbonyl (C=O) groups is 1. The van der Waals surface area contributed by atoms with Gasteiger partial charge < -0.3 is 20.5 Å². The summed E-state index contributed by atoms with van der Waals surface area (Å²) in [5, 5.41) is 15.0. The monoisotopic (exact) mass is 338 g/mol. The second-order valence-corrected chi connectivity index (χ2v) is 6.38. The first kappa shape index (κ1) is 18.7. The molecule has 6 heteroatoms. The maximum absolute atomic E-state index is 13.0. The van der Waals surface area contributed by atoms with Gasteiger partial charge in [-0.1, -0.05) is 12.1 Å². The van der Waals surface area contributed by atoms with Gasteiger partial charge in [-0.05, 0) is 55.7 Å². The van der Waals surface area contributed by atoms with Crippen LogP contribution < -0.4 is 10.6 Å². The molecule has 24 heavy (non-hydrogen) atoms. The van der Waals surface area contributed by atoms with Crippen molar-refractivity contribution in [2.24, 2.45) is 0 Å². The quantitative estimate of drug-likeness (QED) is 0.715. The molecular formula is C18H27FN2O3. The molecule has 2 amide bonds. The van der Waals surface area contributed by atoms with Gasteiger partial charge in [0.2, 0.25) is 0 Å². The number of ether oxygens (including phenoxy) is 1. The molecule has 2 rings (SSSR count). The number of nitrogens with one attached hydrogen (secondary N) is 2. The van der Waals surface area contributed by atoms with E-state index in [1.807, 2.05) is 12.1 Å². The Hall–Kier alpha value is -1.66. The first-order valence-electron chi connectivity index (χ1n) is 8.54. The van der Waals surface area contributed by atoms with E-state index >= 15 is 0 Å². The van der Waals surface area contributed by atoms with Gasteiger partial charge in [0.25, 0.3) is 0 Å². The summed E-state index contributed by atoms with van der Waals surface area (Å²) in [7, 11) is 1.59. The molecule has 1 saturated carbocycles. The number of halogens is 1. The maximum atomic E-state index is 13.0. The van der Waals surface area contributed by atoms with Crippen LogP contribution in [-0.2, 0) is 4.74 Å². The Morgan fingerprint density at radius 3 is 2.54 bits per heavy atom. The number of aliphatic hydroxyl groups excluding tert-OH is 1. The third-order valence-electron chi connectivity index (χ3n) is 4.63. The fraction of sp³-hybridized carbons (Fsp3) is 0.611. The first-order chi connectivity index (χ1) is 11.6. The lowest BCUT2D eigenvalue weighted by molar-refractivity contribution is 0.158. The van der Waals surface area contributed by atoms with Crippen molar-refractivity contribution in [1.82, 2.24) is 10.6 Å². The van der Waals surface area contributed by atoms with Crippen LogP contribution in [0.25, 0.3) is 0 Å². The van der Waals surface area contributed by atoms with Crippen molar-refractivity contribution in [2.75, 3.05) is 20.3 Å². The summed E-state index contributed by atoms with van der Waals surface area (Å²) in [6, 6.07) is 6.31. The molecule has 0 heterocycles. The lowest BCUT2D eigenvalue weighted by Crippen LogP contribution is -2.48. The lowest BCUT2D eigenvalue weighted by Gasteiger charge is -2.30. The van der Waals surface area contributed by atoms with E-state index in [1.54, 1.807) is 7.11 Å². The highest BCUT2D eigenvalue weighted by molar-refractivity contribution is 5.74. The minimum absolute atomic E-state index is 0.103. The summed E-state index contributed by atoms with van der Waals surface area (Å²) in [6.07, 6.45) is 4.33. The maximum Gasteiger partial charge on any atom is 0.315 e. The first-order valence-corrected chi connectivity index (χ1v) is 8.54. The Kier molecular flexibility index (Phi) is 7.46. The number of amides is 2. The van der Waals surface area contributed by atoms with Gasteiger partial charge in [-0.3, -0.25) is 0 Å². The zero-order chi connectivity index (χ0) is 17.4. The highest BCUT2D eigenvalue weighted by Crippen LogP contribution is 2.32. The fourth-order valence-electron chi connectivity index (χ4n) is 3.19. The van der Waals surface area contributed by atoms with E-state index in [-0.39, 0.29) is 30.5 Å². The normalized spacial score (nSPS) is 22.0. The molecule has 0 bridgehead atoms. The molecule has 3 N–H and O–H groups in total. The molecule has 0 aromatic heterocycles. The van der Waals surface area contributed by atoms with Crippen LogP contribution in [0.5, 0.6) is 0 Å². The largest absolute Gasteiger partial charge is 0.394 e. The van der Waals surface area contributed by atoms with E-state index in [0.29, 0.717) is 18.9 Å². The lowest BCUT2D eigenvalue weighted by atomic mass is 9.82. The van der Waals surface area contributed by atoms with Gasteiger partial charge in [-0.2, -0.15) is 0 Å². The molecule has 1 atom stereocenters. The van der Waals surface area contributed by atoms with E-state index in [1.165, 1.54) is 17.7 Å². The smallest absolute Gasteiger partial charge is 0.315 e. The molecule has 1 unspecified atom stereocenters. The number of urea groups is 1. The summed E-state index contributed by atoms with van der Waals surface area (Å²) in [4.78, 5) is 12.0. The molecule has 1 fully saturated rings. The van der Waals surface area contributed by atoms with Gasteiger partial charge in [0.1, 0.15) is 5.82 Å². The van der Waals surface area contributed by atoms with Crippen molar-refractivity contribution < 1.29 is 19.0 Å². The molecular weight excluding hydrogens is 311 g/mol. The van der Waals surface area contributed by atoms with E-state index in [9.17, 15) is 14.3 Å². The Labute approximate surface area is 142 Å². The van der Waals surface area contributed by atoms with Crippen molar-refractivity contribution in [3.8, 4) is 0 Å². The minimum atomic E-state index is -0.291. The number of carbonyl (C=O) groups excluding carboxylic acids is 1. The van der Waals surface area contributed by atoms with Crippen molar-refractivity contribution >= 4 is 6.03 Å². The predicted molar refractivity (Wildman–Crippen MR) is 90.4 cm³/mol. The highest BCUT2D eigenvalue weighted by Gasteiger charge is 2.24. The van der Waals surface area contributed by atoms with E-state index in [2.05, 4.69) is 10.6 Å². The number of hydrogen-bond acceptors (Lipinski definition) is 3. The van der Waals surface area contributed by atoms with Crippen molar-refractivity contribution in [3.63, 3.8) is 0 Å². The van der Waals surface area contributed by atoms with Crippen LogP contribution in [0.2, 0.25) is 0 Å². The van der Waals surface area contributed by atoms with Crippen LogP contribution >= 0.6 is 0 Å². The average molecular weight is 338 g/mol. The zero-order valence-corrected chi connectivity index (χ0v) is 14.1. The van der Waals surface area contributed by atoms with Crippen molar-refractivity contribution in [3.05, 3.63) is 35.6 Å². The molecule has 0 spiro atoms. The van der Waals surface area contributed by atoms with Gasteiger partial charge >= 0.3 is 6.03 Å². The number of hydrogen-bond donors (Lipinski definition) is 3. The van der Waals surface area contributed by atoms with Crippen LogP contribution in [0.15, 0.2) is 24.3 Å². The van der Waals surface area contributed by atoms with Gasteiger partial charge in [0.05, 0.1) is 12.6 Å². The minimum Gasteiger partial charge on any atom is -0.394 e. The second-order valence-electron chi connectivity index (χ2n) is 6.38. The van der Waals surface area contributed by atoms with Crippen molar-refractivity contribution in [2.45, 2.75) is 50.1 Å². The standard InChI is InChI=1S/C18H27FN2O3/c1-24-11-10-17(12-22)21-18(23)20-16-8-4-14(5-9-16)13-2-6-15(19)7-3-13/h2-3,6-7,14,16-17,22H,4-5,8-12H2,1H3,(H2,20,21,23). The van der Waals surface area contributed by atoms with Gasteiger partial charge in [0.15, 0.2) is 0 Å². The second kappa shape index (κ2) is 9.59. The predicted octanol–water partition coefficient (Wildman–Crippen LogP) is 2.55. The van der Waals surface area contributed by atoms with Gasteiger partial charge in [0, 0.05) is 19.8 Å². The van der Waals surface area contributed by atoms with Gasteiger partial charge in [-0.25, -0.2) is 9.18 Å². The molecule has 5 nitrogen and oxygen atoms in total. The van der Waals surface area contributed by atoms with Crippen LogP contribution in [0, 0.1) is 5.82 Å². The molecule has 1 aromatic rings. The molecule has 0 radical (unpaired) electrons. The molecule has 1 aliphatic rings. The van der Waals surface area contributed by atoms with Crippen molar-refractivity contribution in [1.29, 1.82) is 0 Å². The van der Waals surface area contributed by atoms with Gasteiger partial charge in [-0.15, -0.1) is 0 Å². The third-order valence-corrected chi connectivity index (χ3v) is 4.63. The van der Waals surface area contributed by atoms with E-state index in [4.69, 9.17) is 4.74 Å². The highest BCUT2D eigenvalue weighted by atomic mass is 19.1. The molecule has 134 valence electrons. The van der Waals surface area contributed by atoms with Crippen LogP contribution in [0.3, 0.4) is 0 Å². The van der Waals surface area contributed by atoms with E-state index in [0.717, 1.165) is 25.7 Å². The number of rotatable bonds is 7. The summed E-state index contributed by atoms with van der Waals surface area (Å²) in [6.45, 7) is 0.391. The fourth-order valence-corrected chi connectivity index (χ4v) is 3.19. The Morgan fingerprint density at radius 2 is 1.96 bits per heavy atom. The van der Waals surface area contributed by atoms with Crippen LogP contribution in [0.1, 0.15) is 43.6 Å². The summed E-state index contributed by atoms with van der Waals surface area (Å²) >= 11 is 0. The molecule has 1 aromatic carbocycles. The summed E-state index contributed by atoms with van der Waals surface area (Å²) < 4.78 is 18.0. The van der Waals surface area contributed by atoms with E-state index < -0.39 is 0 Å². The average Bonchev–Trinajstić information content (AvgIpc) is 2.60. The molecule has 0 aliphatic heterocycles. The Morgan fingerprint density at radius 1 is 1.29 bits per heavy atom. The Bertz CT molecular complexity index is 501. The van der Waals surface area contributed by atoms with Crippen LogP contribution in [-0.4, -0.2) is 43.5 Å². The number of methoxy groups -OCH3 is 1. The number of benzene rings is 1. The summed E-state index contributed by atoms with van der Waals surface area (Å²) in [5.41, 5.74) is 1.17.